The Balaban J connectivity index is 1.46. The first-order valence-electron chi connectivity index (χ1n) is 7.87. The van der Waals surface area contributed by atoms with E-state index in [0.29, 0.717) is 41.1 Å². The number of likely N-dealkylation sites (tertiary alicyclic amines) is 1. The van der Waals surface area contributed by atoms with Crippen LogP contribution in [0.25, 0.3) is 11.6 Å². The van der Waals surface area contributed by atoms with Crippen molar-refractivity contribution in [3.05, 3.63) is 46.9 Å². The number of benzene rings is 1. The number of rotatable bonds is 3. The molecule has 0 radical (unpaired) electrons. The molecule has 0 spiro atoms. The van der Waals surface area contributed by atoms with Crippen LogP contribution in [0, 0.1) is 6.92 Å². The normalized spacial score (nSPS) is 17.2. The predicted molar refractivity (Wildman–Crippen MR) is 89.1 cm³/mol. The van der Waals surface area contributed by atoms with E-state index in [-0.39, 0.29) is 11.9 Å². The van der Waals surface area contributed by atoms with Gasteiger partial charge in [-0.15, -0.1) is 5.10 Å². The van der Waals surface area contributed by atoms with E-state index in [9.17, 15) is 4.79 Å². The van der Waals surface area contributed by atoms with Crippen molar-refractivity contribution in [3.63, 3.8) is 0 Å². The lowest BCUT2D eigenvalue weighted by Crippen LogP contribution is -2.29. The third kappa shape index (κ3) is 3.12. The van der Waals surface area contributed by atoms with Crippen LogP contribution < -0.4 is 0 Å². The van der Waals surface area contributed by atoms with Gasteiger partial charge in [-0.1, -0.05) is 22.0 Å². The molecule has 128 valence electrons. The fourth-order valence-corrected chi connectivity index (χ4v) is 3.00. The maximum atomic E-state index is 12.6. The van der Waals surface area contributed by atoms with Crippen LogP contribution in [0.5, 0.6) is 0 Å². The summed E-state index contributed by atoms with van der Waals surface area (Å²) in [6.07, 6.45) is 2.58. The van der Waals surface area contributed by atoms with Crippen molar-refractivity contribution in [2.24, 2.45) is 0 Å². The summed E-state index contributed by atoms with van der Waals surface area (Å²) in [6.45, 7) is 2.99. The van der Waals surface area contributed by atoms with E-state index in [1.165, 1.54) is 0 Å². The number of hydrogen-bond donors (Lipinski definition) is 0. The summed E-state index contributed by atoms with van der Waals surface area (Å²) in [5.41, 5.74) is 1.16. The van der Waals surface area contributed by atoms with E-state index >= 15 is 0 Å². The van der Waals surface area contributed by atoms with Crippen molar-refractivity contribution in [3.8, 4) is 11.6 Å². The molecule has 1 aromatic carbocycles. The summed E-state index contributed by atoms with van der Waals surface area (Å²) in [5.74, 6) is 0.882. The molecule has 8 nitrogen and oxygen atoms in total. The Kier molecular flexibility index (Phi) is 3.96. The fraction of sp³-hybridized carbons (Fsp3) is 0.312. The van der Waals surface area contributed by atoms with Gasteiger partial charge in [0.2, 0.25) is 0 Å². The molecule has 0 N–H and O–H groups in total. The molecule has 0 bridgehead atoms. The average Bonchev–Trinajstić information content (AvgIpc) is 3.34. The number of halogens is 1. The van der Waals surface area contributed by atoms with Crippen molar-refractivity contribution in [1.29, 1.82) is 0 Å². The number of amides is 1. The van der Waals surface area contributed by atoms with Gasteiger partial charge >= 0.3 is 0 Å². The minimum Gasteiger partial charge on any atom is -0.336 e. The highest BCUT2D eigenvalue weighted by atomic mass is 35.5. The molecule has 2 aromatic heterocycles. The van der Waals surface area contributed by atoms with Gasteiger partial charge in [-0.2, -0.15) is 4.98 Å². The van der Waals surface area contributed by atoms with Crippen LogP contribution in [0.2, 0.25) is 5.02 Å². The Morgan fingerprint density at radius 2 is 2.12 bits per heavy atom. The number of hydrogen-bond acceptors (Lipinski definition) is 6. The van der Waals surface area contributed by atoms with E-state index in [0.717, 1.165) is 6.42 Å². The molecule has 1 amide bonds. The van der Waals surface area contributed by atoms with E-state index in [4.69, 9.17) is 16.1 Å². The quantitative estimate of drug-likeness (QED) is 0.714. The van der Waals surface area contributed by atoms with Crippen molar-refractivity contribution in [2.45, 2.75) is 19.4 Å². The zero-order chi connectivity index (χ0) is 17.4. The molecule has 1 atom stereocenters. The highest BCUT2D eigenvalue weighted by Gasteiger charge is 2.29. The number of carbonyl (C=O) groups excluding carboxylic acids is 1. The van der Waals surface area contributed by atoms with Gasteiger partial charge in [0.05, 0.1) is 12.2 Å². The second-order valence-corrected chi connectivity index (χ2v) is 6.37. The topological polar surface area (TPSA) is 89.9 Å². The third-order valence-corrected chi connectivity index (χ3v) is 4.42. The summed E-state index contributed by atoms with van der Waals surface area (Å²) in [7, 11) is 0. The molecular formula is C16H15ClN6O2. The number of nitrogens with zero attached hydrogens (tertiary/aromatic N) is 6. The highest BCUT2D eigenvalue weighted by molar-refractivity contribution is 6.30. The molecule has 3 aromatic rings. The maximum Gasteiger partial charge on any atom is 0.280 e. The summed E-state index contributed by atoms with van der Waals surface area (Å²) < 4.78 is 6.85. The van der Waals surface area contributed by atoms with Crippen molar-refractivity contribution >= 4 is 17.5 Å². The van der Waals surface area contributed by atoms with Gasteiger partial charge in [0.1, 0.15) is 0 Å². The second-order valence-electron chi connectivity index (χ2n) is 5.93. The summed E-state index contributed by atoms with van der Waals surface area (Å²) in [6, 6.07) is 6.99. The van der Waals surface area contributed by atoms with Gasteiger partial charge in [-0.05, 0) is 37.6 Å². The average molecular weight is 359 g/mol. The molecule has 0 saturated carbocycles. The van der Waals surface area contributed by atoms with E-state index in [2.05, 4.69) is 20.5 Å². The van der Waals surface area contributed by atoms with Crippen LogP contribution in [-0.4, -0.2) is 49.0 Å². The van der Waals surface area contributed by atoms with Crippen LogP contribution in [0.3, 0.4) is 0 Å². The monoisotopic (exact) mass is 358 g/mol. The second kappa shape index (κ2) is 6.29. The zero-order valence-electron chi connectivity index (χ0n) is 13.5. The first kappa shape index (κ1) is 15.8. The number of aromatic nitrogens is 5. The minimum absolute atomic E-state index is 0.00738. The Morgan fingerprint density at radius 1 is 1.32 bits per heavy atom. The zero-order valence-corrected chi connectivity index (χ0v) is 14.2. The van der Waals surface area contributed by atoms with Gasteiger partial charge < -0.3 is 9.42 Å². The van der Waals surface area contributed by atoms with Crippen LogP contribution in [0.15, 0.2) is 35.0 Å². The first-order chi connectivity index (χ1) is 12.1. The van der Waals surface area contributed by atoms with Crippen molar-refractivity contribution < 1.29 is 9.32 Å². The molecule has 1 saturated heterocycles. The molecule has 0 aliphatic carbocycles. The minimum atomic E-state index is -0.00738. The summed E-state index contributed by atoms with van der Waals surface area (Å²) in [4.78, 5) is 18.5. The molecule has 25 heavy (non-hydrogen) atoms. The lowest BCUT2D eigenvalue weighted by Gasteiger charge is -2.16. The molecule has 4 rings (SSSR count). The van der Waals surface area contributed by atoms with E-state index in [1.54, 1.807) is 42.1 Å². The molecule has 1 aliphatic heterocycles. The number of aryl methyl sites for hydroxylation is 1. The summed E-state index contributed by atoms with van der Waals surface area (Å²) >= 11 is 5.87. The van der Waals surface area contributed by atoms with Crippen molar-refractivity contribution in [1.82, 2.24) is 30.0 Å². The lowest BCUT2D eigenvalue weighted by atomic mass is 10.2. The molecule has 9 heteroatoms. The first-order valence-corrected chi connectivity index (χ1v) is 8.25. The van der Waals surface area contributed by atoms with Crippen LogP contribution in [-0.2, 0) is 0 Å². The van der Waals surface area contributed by atoms with E-state index in [1.807, 2.05) is 4.90 Å². The SMILES string of the molecule is Cc1noc(-c2cn([C@H]3CCN(C(=O)c4ccc(Cl)cc4)C3)nn2)n1. The third-order valence-electron chi connectivity index (χ3n) is 4.17. The van der Waals surface area contributed by atoms with Crippen LogP contribution in [0.1, 0.15) is 28.6 Å². The standard InChI is InChI=1S/C16H15ClN6O2/c1-10-18-15(25-20-10)14-9-23(21-19-14)13-6-7-22(8-13)16(24)11-2-4-12(17)5-3-11/h2-5,9,13H,6-8H2,1H3/t13-/m0/s1. The van der Waals surface area contributed by atoms with Gasteiger partial charge in [0.25, 0.3) is 11.8 Å². The number of carbonyl (C=O) groups is 1. The van der Waals surface area contributed by atoms with Gasteiger partial charge in [0.15, 0.2) is 11.5 Å². The predicted octanol–water partition coefficient (Wildman–Crippen LogP) is 2.38. The Morgan fingerprint density at radius 3 is 2.84 bits per heavy atom. The molecule has 1 fully saturated rings. The highest BCUT2D eigenvalue weighted by Crippen LogP contribution is 2.24. The van der Waals surface area contributed by atoms with Crippen LogP contribution >= 0.6 is 11.6 Å². The molecule has 1 aliphatic rings. The molecule has 0 unspecified atom stereocenters. The van der Waals surface area contributed by atoms with Gasteiger partial charge in [-0.25, -0.2) is 4.68 Å². The fourth-order valence-electron chi connectivity index (χ4n) is 2.87. The lowest BCUT2D eigenvalue weighted by molar-refractivity contribution is 0.0787. The molecular weight excluding hydrogens is 344 g/mol. The smallest absolute Gasteiger partial charge is 0.280 e. The Labute approximate surface area is 148 Å². The van der Waals surface area contributed by atoms with Gasteiger partial charge in [0, 0.05) is 23.7 Å². The van der Waals surface area contributed by atoms with E-state index < -0.39 is 0 Å². The Hall–Kier alpha value is -2.74. The Bertz CT molecular complexity index is 904. The van der Waals surface area contributed by atoms with Gasteiger partial charge in [-0.3, -0.25) is 4.79 Å². The van der Waals surface area contributed by atoms with Crippen molar-refractivity contribution in [2.75, 3.05) is 13.1 Å². The maximum absolute atomic E-state index is 12.6. The molecule has 3 heterocycles. The summed E-state index contributed by atoms with van der Waals surface area (Å²) in [5, 5.41) is 12.6. The van der Waals surface area contributed by atoms with Crippen LogP contribution in [0.4, 0.5) is 0 Å². The largest absolute Gasteiger partial charge is 0.336 e.